The van der Waals surface area contributed by atoms with E-state index in [1.165, 1.54) is 6.21 Å². The number of Topliss-reactive ketones (excluding diaryl/α,β-unsaturated/α-hetero) is 1. The van der Waals surface area contributed by atoms with Crippen molar-refractivity contribution >= 4 is 17.7 Å². The molecular formula is C19H17NO2. The van der Waals surface area contributed by atoms with E-state index in [1.54, 1.807) is 0 Å². The van der Waals surface area contributed by atoms with E-state index in [2.05, 4.69) is 4.99 Å². The van der Waals surface area contributed by atoms with Crippen molar-refractivity contribution in [3.05, 3.63) is 77.6 Å². The van der Waals surface area contributed by atoms with Crippen LogP contribution in [0.5, 0.6) is 0 Å². The summed E-state index contributed by atoms with van der Waals surface area (Å²) in [5.41, 5.74) is 2.18. The monoisotopic (exact) mass is 291 g/mol. The number of carbonyl (C=O) groups excluding carboxylic acids is 1. The minimum Gasteiger partial charge on any atom is -0.511 e. The Bertz CT molecular complexity index is 718. The van der Waals surface area contributed by atoms with Crippen LogP contribution < -0.4 is 0 Å². The standard InChI is InChI=1S/C19H17NO2/c21-18-11-15(14-7-3-1-4-8-14)12-19(22)17(18)13-20-16-9-5-2-6-10-16/h1-10,13,15,21H,11-12H2. The zero-order valence-corrected chi connectivity index (χ0v) is 12.1. The molecule has 0 bridgehead atoms. The fourth-order valence-corrected chi connectivity index (χ4v) is 2.67. The average molecular weight is 291 g/mol. The van der Waals surface area contributed by atoms with E-state index < -0.39 is 0 Å². The number of aliphatic hydroxyl groups excluding tert-OH is 1. The number of para-hydroxylation sites is 1. The number of rotatable bonds is 3. The smallest absolute Gasteiger partial charge is 0.168 e. The van der Waals surface area contributed by atoms with Crippen molar-refractivity contribution in [1.82, 2.24) is 0 Å². The zero-order chi connectivity index (χ0) is 15.4. The quantitative estimate of drug-likeness (QED) is 0.855. The highest BCUT2D eigenvalue weighted by atomic mass is 16.3. The third kappa shape index (κ3) is 3.14. The summed E-state index contributed by atoms with van der Waals surface area (Å²) in [6.07, 6.45) is 2.37. The first-order valence-electron chi connectivity index (χ1n) is 7.33. The highest BCUT2D eigenvalue weighted by Crippen LogP contribution is 2.33. The van der Waals surface area contributed by atoms with Crippen molar-refractivity contribution in [3.8, 4) is 0 Å². The Morgan fingerprint density at radius 1 is 0.955 bits per heavy atom. The summed E-state index contributed by atoms with van der Waals surface area (Å²) in [5.74, 6) is 0.115. The molecule has 22 heavy (non-hydrogen) atoms. The van der Waals surface area contributed by atoms with Crippen molar-refractivity contribution in [1.29, 1.82) is 0 Å². The third-order valence-corrected chi connectivity index (χ3v) is 3.85. The second-order valence-corrected chi connectivity index (χ2v) is 5.39. The van der Waals surface area contributed by atoms with Gasteiger partial charge in [-0.25, -0.2) is 0 Å². The molecule has 0 saturated heterocycles. The van der Waals surface area contributed by atoms with E-state index >= 15 is 0 Å². The summed E-state index contributed by atoms with van der Waals surface area (Å²) in [6, 6.07) is 19.2. The molecule has 0 aromatic heterocycles. The van der Waals surface area contributed by atoms with Crippen LogP contribution in [0.4, 0.5) is 5.69 Å². The van der Waals surface area contributed by atoms with Crippen LogP contribution in [-0.4, -0.2) is 17.1 Å². The van der Waals surface area contributed by atoms with Gasteiger partial charge in [-0.05, 0) is 23.6 Å². The first-order valence-corrected chi connectivity index (χ1v) is 7.33. The number of hydrogen-bond acceptors (Lipinski definition) is 3. The van der Waals surface area contributed by atoms with Crippen molar-refractivity contribution in [2.24, 2.45) is 4.99 Å². The molecule has 1 aliphatic carbocycles. The largest absolute Gasteiger partial charge is 0.511 e. The molecule has 2 aromatic rings. The fourth-order valence-electron chi connectivity index (χ4n) is 2.67. The molecule has 0 aliphatic heterocycles. The highest BCUT2D eigenvalue weighted by molar-refractivity contribution is 6.15. The normalized spacial score (nSPS) is 18.9. The Morgan fingerprint density at radius 3 is 2.23 bits per heavy atom. The lowest BCUT2D eigenvalue weighted by molar-refractivity contribution is -0.116. The lowest BCUT2D eigenvalue weighted by Crippen LogP contribution is -2.19. The van der Waals surface area contributed by atoms with Gasteiger partial charge in [-0.3, -0.25) is 9.79 Å². The number of benzene rings is 2. The maximum Gasteiger partial charge on any atom is 0.168 e. The Kier molecular flexibility index (Phi) is 4.15. The van der Waals surface area contributed by atoms with Crippen LogP contribution in [0.3, 0.4) is 0 Å². The van der Waals surface area contributed by atoms with Gasteiger partial charge in [-0.1, -0.05) is 48.5 Å². The van der Waals surface area contributed by atoms with Gasteiger partial charge in [0.05, 0.1) is 11.3 Å². The first-order chi connectivity index (χ1) is 10.7. The van der Waals surface area contributed by atoms with Gasteiger partial charge in [-0.15, -0.1) is 0 Å². The first kappa shape index (κ1) is 14.3. The van der Waals surface area contributed by atoms with E-state index in [0.717, 1.165) is 11.3 Å². The van der Waals surface area contributed by atoms with Crippen LogP contribution in [0, 0.1) is 0 Å². The molecule has 0 spiro atoms. The van der Waals surface area contributed by atoms with Gasteiger partial charge in [0.15, 0.2) is 5.78 Å². The third-order valence-electron chi connectivity index (χ3n) is 3.85. The average Bonchev–Trinajstić information content (AvgIpc) is 2.56. The fraction of sp³-hybridized carbons (Fsp3) is 0.158. The van der Waals surface area contributed by atoms with Gasteiger partial charge in [-0.2, -0.15) is 0 Å². The van der Waals surface area contributed by atoms with E-state index in [-0.39, 0.29) is 17.5 Å². The number of aliphatic hydroxyl groups is 1. The lowest BCUT2D eigenvalue weighted by atomic mass is 9.83. The molecule has 1 aliphatic rings. The molecular weight excluding hydrogens is 274 g/mol. The molecule has 1 unspecified atom stereocenters. The SMILES string of the molecule is O=C1CC(c2ccccc2)CC(O)=C1C=Nc1ccccc1. The van der Waals surface area contributed by atoms with E-state index in [0.29, 0.717) is 18.4 Å². The van der Waals surface area contributed by atoms with Gasteiger partial charge in [0.2, 0.25) is 0 Å². The van der Waals surface area contributed by atoms with E-state index in [4.69, 9.17) is 0 Å². The molecule has 110 valence electrons. The lowest BCUT2D eigenvalue weighted by Gasteiger charge is -2.22. The van der Waals surface area contributed by atoms with Crippen LogP contribution in [0.2, 0.25) is 0 Å². The minimum atomic E-state index is -0.0581. The molecule has 3 rings (SSSR count). The van der Waals surface area contributed by atoms with E-state index in [1.807, 2.05) is 60.7 Å². The topological polar surface area (TPSA) is 49.7 Å². The number of ketones is 1. The number of nitrogens with zero attached hydrogens (tertiary/aromatic N) is 1. The molecule has 1 atom stereocenters. The summed E-state index contributed by atoms with van der Waals surface area (Å²) in [4.78, 5) is 16.6. The Labute approximate surface area is 129 Å². The van der Waals surface area contributed by atoms with Gasteiger partial charge >= 0.3 is 0 Å². The van der Waals surface area contributed by atoms with Crippen LogP contribution in [0.25, 0.3) is 0 Å². The van der Waals surface area contributed by atoms with Crippen LogP contribution in [-0.2, 0) is 4.79 Å². The Balaban J connectivity index is 1.81. The summed E-state index contributed by atoms with van der Waals surface area (Å²) in [6.45, 7) is 0. The molecule has 3 heteroatoms. The molecule has 2 aromatic carbocycles. The number of hydrogen-bond donors (Lipinski definition) is 1. The van der Waals surface area contributed by atoms with Crippen molar-refractivity contribution in [3.63, 3.8) is 0 Å². The van der Waals surface area contributed by atoms with Crippen LogP contribution >= 0.6 is 0 Å². The predicted octanol–water partition coefficient (Wildman–Crippen LogP) is 4.35. The van der Waals surface area contributed by atoms with Gasteiger partial charge < -0.3 is 5.11 Å². The molecule has 3 nitrogen and oxygen atoms in total. The van der Waals surface area contributed by atoms with Crippen LogP contribution in [0.15, 0.2) is 77.0 Å². The van der Waals surface area contributed by atoms with E-state index in [9.17, 15) is 9.90 Å². The Morgan fingerprint density at radius 2 is 1.59 bits per heavy atom. The van der Waals surface area contributed by atoms with Gasteiger partial charge in [0, 0.05) is 19.1 Å². The summed E-state index contributed by atoms with van der Waals surface area (Å²) < 4.78 is 0. The molecule has 0 fully saturated rings. The summed E-state index contributed by atoms with van der Waals surface area (Å²) in [7, 11) is 0. The second kappa shape index (κ2) is 6.39. The van der Waals surface area contributed by atoms with Gasteiger partial charge in [0.25, 0.3) is 0 Å². The maximum atomic E-state index is 12.3. The zero-order valence-electron chi connectivity index (χ0n) is 12.1. The van der Waals surface area contributed by atoms with Crippen molar-refractivity contribution in [2.45, 2.75) is 18.8 Å². The molecule has 1 N–H and O–H groups in total. The number of allylic oxidation sites excluding steroid dienone is 2. The summed E-state index contributed by atoms with van der Waals surface area (Å²) >= 11 is 0. The van der Waals surface area contributed by atoms with Crippen molar-refractivity contribution < 1.29 is 9.90 Å². The maximum absolute atomic E-state index is 12.3. The van der Waals surface area contributed by atoms with Crippen molar-refractivity contribution in [2.75, 3.05) is 0 Å². The highest BCUT2D eigenvalue weighted by Gasteiger charge is 2.27. The predicted molar refractivity (Wildman–Crippen MR) is 87.7 cm³/mol. The second-order valence-electron chi connectivity index (χ2n) is 5.39. The minimum absolute atomic E-state index is 0.0441. The molecule has 0 heterocycles. The number of aliphatic imine (C=N–C) groups is 1. The Hall–Kier alpha value is -2.68. The summed E-state index contributed by atoms with van der Waals surface area (Å²) in [5, 5.41) is 10.2. The number of carbonyl (C=O) groups is 1. The molecule has 0 saturated carbocycles. The van der Waals surface area contributed by atoms with Gasteiger partial charge in [0.1, 0.15) is 5.76 Å². The van der Waals surface area contributed by atoms with Crippen LogP contribution in [0.1, 0.15) is 24.3 Å². The molecule has 0 amide bonds. The molecule has 0 radical (unpaired) electrons.